The number of rotatable bonds is 6. The van der Waals surface area contributed by atoms with Crippen molar-refractivity contribution in [2.75, 3.05) is 37.4 Å². The number of piperidine rings is 1. The highest BCUT2D eigenvalue weighted by Crippen LogP contribution is 2.29. The zero-order valence-corrected chi connectivity index (χ0v) is 17.2. The van der Waals surface area contributed by atoms with Gasteiger partial charge in [-0.1, -0.05) is 25.7 Å². The van der Waals surface area contributed by atoms with Crippen LogP contribution in [0.5, 0.6) is 0 Å². The third-order valence-corrected chi connectivity index (χ3v) is 6.05. The molecule has 1 aromatic rings. The van der Waals surface area contributed by atoms with E-state index >= 15 is 0 Å². The Morgan fingerprint density at radius 3 is 2.50 bits per heavy atom. The van der Waals surface area contributed by atoms with Crippen LogP contribution in [0, 0.1) is 5.41 Å². The molecule has 28 heavy (non-hydrogen) atoms. The monoisotopic (exact) mass is 386 g/mol. The Morgan fingerprint density at radius 2 is 1.89 bits per heavy atom. The highest BCUT2D eigenvalue weighted by Gasteiger charge is 2.26. The summed E-state index contributed by atoms with van der Waals surface area (Å²) >= 11 is 0. The molecule has 0 bridgehead atoms. The third-order valence-electron chi connectivity index (χ3n) is 6.05. The molecule has 0 radical (unpaired) electrons. The normalized spacial score (nSPS) is 18.9. The lowest BCUT2D eigenvalue weighted by atomic mass is 10.0. The average molecular weight is 387 g/mol. The number of aromatic nitrogens is 1. The molecule has 2 aliphatic rings. The molecular weight excluding hydrogens is 352 g/mol. The molecule has 7 heteroatoms. The first-order valence-electron chi connectivity index (χ1n) is 10.6. The fraction of sp³-hybridized carbons (Fsp3) is 0.667. The maximum atomic E-state index is 13.2. The zero-order valence-electron chi connectivity index (χ0n) is 17.2. The predicted octanol–water partition coefficient (Wildman–Crippen LogP) is 2.76. The van der Waals surface area contributed by atoms with Crippen LogP contribution in [0.1, 0.15) is 67.3 Å². The Labute approximate surface area is 168 Å². The van der Waals surface area contributed by atoms with Crippen molar-refractivity contribution >= 4 is 23.8 Å². The fourth-order valence-corrected chi connectivity index (χ4v) is 4.31. The maximum absolute atomic E-state index is 13.2. The van der Waals surface area contributed by atoms with Crippen LogP contribution in [-0.4, -0.2) is 56.4 Å². The average Bonchev–Trinajstić information content (AvgIpc) is 3.02. The van der Waals surface area contributed by atoms with Crippen LogP contribution in [-0.2, 0) is 0 Å². The molecule has 0 unspecified atom stereocenters. The number of hydrogen-bond donors (Lipinski definition) is 4. The van der Waals surface area contributed by atoms with Gasteiger partial charge < -0.3 is 26.3 Å². The maximum Gasteiger partial charge on any atom is 0.255 e. The highest BCUT2D eigenvalue weighted by molar-refractivity contribution is 6.02. The van der Waals surface area contributed by atoms with Crippen molar-refractivity contribution in [2.45, 2.75) is 63.5 Å². The van der Waals surface area contributed by atoms with E-state index in [0.717, 1.165) is 38.8 Å². The van der Waals surface area contributed by atoms with E-state index in [2.05, 4.69) is 27.9 Å². The molecule has 1 amide bonds. The third kappa shape index (κ3) is 4.82. The molecule has 1 saturated heterocycles. The topological polar surface area (TPSA) is 93.1 Å². The number of nitrogens with one attached hydrogen (secondary N) is 4. The van der Waals surface area contributed by atoms with E-state index in [1.54, 1.807) is 7.05 Å². The van der Waals surface area contributed by atoms with Crippen molar-refractivity contribution in [3.63, 3.8) is 0 Å². The standard InChI is InChI=1S/C21H34N6O/c1-23-19-15(14-22)13-18(21(28)25-16-9-11-24-12-10-16)20(26-19)27(2)17-7-5-3-4-6-8-17/h13-14,16-17,22,24H,3-12H2,1-2H3,(H,23,26)(H,25,28). The van der Waals surface area contributed by atoms with E-state index in [1.165, 1.54) is 31.9 Å². The number of amides is 1. The van der Waals surface area contributed by atoms with Crippen LogP contribution < -0.4 is 20.9 Å². The molecule has 154 valence electrons. The summed E-state index contributed by atoms with van der Waals surface area (Å²) in [6.45, 7) is 1.87. The molecule has 1 aliphatic carbocycles. The first-order valence-corrected chi connectivity index (χ1v) is 10.6. The molecule has 3 rings (SSSR count). The smallest absolute Gasteiger partial charge is 0.255 e. The van der Waals surface area contributed by atoms with Crippen molar-refractivity contribution < 1.29 is 4.79 Å². The summed E-state index contributed by atoms with van der Waals surface area (Å²) in [5, 5.41) is 17.3. The number of hydrogen-bond acceptors (Lipinski definition) is 6. The first-order chi connectivity index (χ1) is 13.6. The Balaban J connectivity index is 1.91. The molecule has 2 heterocycles. The predicted molar refractivity (Wildman–Crippen MR) is 115 cm³/mol. The number of carbonyl (C=O) groups excluding carboxylic acids is 1. The minimum atomic E-state index is -0.0828. The molecule has 0 aromatic carbocycles. The van der Waals surface area contributed by atoms with Gasteiger partial charge in [-0.2, -0.15) is 0 Å². The number of anilines is 2. The van der Waals surface area contributed by atoms with Crippen molar-refractivity contribution in [1.82, 2.24) is 15.6 Å². The van der Waals surface area contributed by atoms with Gasteiger partial charge in [0.15, 0.2) is 0 Å². The summed E-state index contributed by atoms with van der Waals surface area (Å²) in [6.07, 6.45) is 10.4. The molecule has 2 fully saturated rings. The summed E-state index contributed by atoms with van der Waals surface area (Å²) in [6, 6.07) is 2.40. The Hall–Kier alpha value is -2.15. The van der Waals surface area contributed by atoms with Crippen molar-refractivity contribution in [3.05, 3.63) is 17.2 Å². The molecule has 1 aromatic heterocycles. The van der Waals surface area contributed by atoms with Crippen molar-refractivity contribution in [1.29, 1.82) is 5.41 Å². The van der Waals surface area contributed by atoms with Crippen LogP contribution in [0.25, 0.3) is 0 Å². The van der Waals surface area contributed by atoms with Crippen LogP contribution in [0.2, 0.25) is 0 Å². The van der Waals surface area contributed by atoms with E-state index in [-0.39, 0.29) is 11.9 Å². The van der Waals surface area contributed by atoms with E-state index in [0.29, 0.717) is 28.8 Å². The quantitative estimate of drug-likeness (QED) is 0.446. The highest BCUT2D eigenvalue weighted by atomic mass is 16.1. The molecule has 7 nitrogen and oxygen atoms in total. The molecule has 1 saturated carbocycles. The van der Waals surface area contributed by atoms with Gasteiger partial charge in [0, 0.05) is 38.0 Å². The van der Waals surface area contributed by atoms with Crippen LogP contribution >= 0.6 is 0 Å². The Morgan fingerprint density at radius 1 is 1.21 bits per heavy atom. The Kier molecular flexibility index (Phi) is 7.25. The van der Waals surface area contributed by atoms with Gasteiger partial charge in [-0.05, 0) is 44.8 Å². The van der Waals surface area contributed by atoms with Crippen LogP contribution in [0.4, 0.5) is 11.6 Å². The van der Waals surface area contributed by atoms with Crippen LogP contribution in [0.3, 0.4) is 0 Å². The van der Waals surface area contributed by atoms with E-state index in [9.17, 15) is 4.79 Å². The fourth-order valence-electron chi connectivity index (χ4n) is 4.31. The molecular formula is C21H34N6O. The summed E-state index contributed by atoms with van der Waals surface area (Å²) in [5.41, 5.74) is 1.21. The lowest BCUT2D eigenvalue weighted by Gasteiger charge is -2.31. The lowest BCUT2D eigenvalue weighted by Crippen LogP contribution is -2.43. The van der Waals surface area contributed by atoms with Gasteiger partial charge in [0.1, 0.15) is 11.6 Å². The minimum Gasteiger partial charge on any atom is -0.373 e. The number of carbonyl (C=O) groups is 1. The second kappa shape index (κ2) is 9.87. The summed E-state index contributed by atoms with van der Waals surface area (Å²) in [4.78, 5) is 20.1. The van der Waals surface area contributed by atoms with Gasteiger partial charge in [-0.15, -0.1) is 0 Å². The zero-order chi connectivity index (χ0) is 19.9. The van der Waals surface area contributed by atoms with Gasteiger partial charge in [-0.3, -0.25) is 4.79 Å². The van der Waals surface area contributed by atoms with Crippen LogP contribution in [0.15, 0.2) is 6.07 Å². The summed E-state index contributed by atoms with van der Waals surface area (Å²) < 4.78 is 0. The van der Waals surface area contributed by atoms with Gasteiger partial charge in [0.2, 0.25) is 0 Å². The first kappa shape index (κ1) is 20.6. The van der Waals surface area contributed by atoms with Crippen molar-refractivity contribution in [3.8, 4) is 0 Å². The lowest BCUT2D eigenvalue weighted by molar-refractivity contribution is 0.0929. The largest absolute Gasteiger partial charge is 0.373 e. The van der Waals surface area contributed by atoms with Gasteiger partial charge in [-0.25, -0.2) is 4.98 Å². The summed E-state index contributed by atoms with van der Waals surface area (Å²) in [5.74, 6) is 1.28. The van der Waals surface area contributed by atoms with E-state index in [4.69, 9.17) is 10.4 Å². The summed E-state index contributed by atoms with van der Waals surface area (Å²) in [7, 11) is 3.86. The SMILES string of the molecule is CNc1nc(N(C)C2CCCCCC2)c(C(=O)NC2CCNCC2)cc1C=N. The molecule has 0 atom stereocenters. The van der Waals surface area contributed by atoms with E-state index < -0.39 is 0 Å². The molecule has 4 N–H and O–H groups in total. The number of pyridine rings is 1. The second-order valence-corrected chi connectivity index (χ2v) is 7.95. The number of nitrogens with zero attached hydrogens (tertiary/aromatic N) is 2. The minimum absolute atomic E-state index is 0.0828. The van der Waals surface area contributed by atoms with Crippen molar-refractivity contribution in [2.24, 2.45) is 0 Å². The Bertz CT molecular complexity index is 678. The molecule has 0 spiro atoms. The van der Waals surface area contributed by atoms with Gasteiger partial charge >= 0.3 is 0 Å². The molecule has 1 aliphatic heterocycles. The second-order valence-electron chi connectivity index (χ2n) is 7.95. The van der Waals surface area contributed by atoms with Gasteiger partial charge in [0.25, 0.3) is 5.91 Å². The van der Waals surface area contributed by atoms with Gasteiger partial charge in [0.05, 0.1) is 5.56 Å². The van der Waals surface area contributed by atoms with E-state index in [1.807, 2.05) is 6.07 Å².